The molecule has 1 N–H and O–H groups in total. The molecule has 1 aliphatic heterocycles. The highest BCUT2D eigenvalue weighted by Crippen LogP contribution is 2.24. The van der Waals surface area contributed by atoms with Crippen molar-refractivity contribution in [1.82, 2.24) is 9.88 Å². The predicted octanol–water partition coefficient (Wildman–Crippen LogP) is 2.06. The number of aromatic nitrogens is 1. The smallest absolute Gasteiger partial charge is 0.255 e. The fraction of sp³-hybridized carbons (Fsp3) is 0.188. The Morgan fingerprint density at radius 2 is 2.10 bits per heavy atom. The summed E-state index contributed by atoms with van der Waals surface area (Å²) < 4.78 is 0. The molecule has 2 heterocycles. The van der Waals surface area contributed by atoms with E-state index in [2.05, 4.69) is 10.3 Å². The summed E-state index contributed by atoms with van der Waals surface area (Å²) in [7, 11) is 0. The first-order valence-corrected chi connectivity index (χ1v) is 6.76. The molecule has 0 radical (unpaired) electrons. The maximum Gasteiger partial charge on any atom is 0.255 e. The van der Waals surface area contributed by atoms with Crippen molar-refractivity contribution in [3.63, 3.8) is 0 Å². The van der Waals surface area contributed by atoms with Crippen molar-refractivity contribution in [3.8, 4) is 0 Å². The van der Waals surface area contributed by atoms with Crippen LogP contribution in [0.3, 0.4) is 0 Å². The molecule has 1 aromatic heterocycles. The predicted molar refractivity (Wildman–Crippen MR) is 78.6 cm³/mol. The van der Waals surface area contributed by atoms with Crippen LogP contribution in [0.4, 0.5) is 5.69 Å². The summed E-state index contributed by atoms with van der Waals surface area (Å²) in [5, 5.41) is 2.77. The molecule has 106 valence electrons. The molecule has 5 nitrogen and oxygen atoms in total. The van der Waals surface area contributed by atoms with Gasteiger partial charge in [-0.05, 0) is 30.7 Å². The van der Waals surface area contributed by atoms with E-state index in [1.54, 1.807) is 42.4 Å². The van der Waals surface area contributed by atoms with Crippen LogP contribution in [0.5, 0.6) is 0 Å². The SMILES string of the molecule is CC(C(=O)Nc1cccnc1)N1Cc2ccccc2C1=O. The topological polar surface area (TPSA) is 62.3 Å². The van der Waals surface area contributed by atoms with E-state index >= 15 is 0 Å². The van der Waals surface area contributed by atoms with Crippen molar-refractivity contribution < 1.29 is 9.59 Å². The van der Waals surface area contributed by atoms with Crippen molar-refractivity contribution in [2.45, 2.75) is 19.5 Å². The Balaban J connectivity index is 1.73. The molecule has 0 aliphatic carbocycles. The van der Waals surface area contributed by atoms with Gasteiger partial charge >= 0.3 is 0 Å². The van der Waals surface area contributed by atoms with Gasteiger partial charge in [0.1, 0.15) is 6.04 Å². The quantitative estimate of drug-likeness (QED) is 0.936. The highest BCUT2D eigenvalue weighted by molar-refractivity contribution is 6.03. The minimum atomic E-state index is -0.537. The molecule has 0 saturated heterocycles. The number of rotatable bonds is 3. The number of benzene rings is 1. The van der Waals surface area contributed by atoms with Crippen molar-refractivity contribution >= 4 is 17.5 Å². The Hall–Kier alpha value is -2.69. The van der Waals surface area contributed by atoms with E-state index in [1.807, 2.05) is 18.2 Å². The van der Waals surface area contributed by atoms with Gasteiger partial charge in [-0.25, -0.2) is 0 Å². The first kappa shape index (κ1) is 13.3. The molecule has 1 atom stereocenters. The lowest BCUT2D eigenvalue weighted by molar-refractivity contribution is -0.120. The third-order valence-electron chi connectivity index (χ3n) is 3.63. The number of carbonyl (C=O) groups excluding carboxylic acids is 2. The molecule has 21 heavy (non-hydrogen) atoms. The molecule has 0 bridgehead atoms. The molecular weight excluding hydrogens is 266 g/mol. The number of nitrogens with one attached hydrogen (secondary N) is 1. The Bertz CT molecular complexity index is 685. The average molecular weight is 281 g/mol. The monoisotopic (exact) mass is 281 g/mol. The first-order chi connectivity index (χ1) is 10.2. The van der Waals surface area contributed by atoms with Crippen LogP contribution in [0, 0.1) is 0 Å². The first-order valence-electron chi connectivity index (χ1n) is 6.76. The van der Waals surface area contributed by atoms with Gasteiger partial charge in [0.15, 0.2) is 0 Å². The molecule has 0 saturated carbocycles. The fourth-order valence-corrected chi connectivity index (χ4v) is 2.41. The number of amides is 2. The van der Waals surface area contributed by atoms with Gasteiger partial charge < -0.3 is 10.2 Å². The maximum atomic E-state index is 12.3. The number of hydrogen-bond acceptors (Lipinski definition) is 3. The van der Waals surface area contributed by atoms with E-state index in [4.69, 9.17) is 0 Å². The molecule has 1 aliphatic rings. The van der Waals surface area contributed by atoms with E-state index in [9.17, 15) is 9.59 Å². The number of pyridine rings is 1. The van der Waals surface area contributed by atoms with E-state index < -0.39 is 6.04 Å². The average Bonchev–Trinajstić information content (AvgIpc) is 2.85. The van der Waals surface area contributed by atoms with Crippen molar-refractivity contribution in [1.29, 1.82) is 0 Å². The van der Waals surface area contributed by atoms with Crippen LogP contribution < -0.4 is 5.32 Å². The summed E-state index contributed by atoms with van der Waals surface area (Å²) >= 11 is 0. The van der Waals surface area contributed by atoms with Crippen LogP contribution in [-0.2, 0) is 11.3 Å². The van der Waals surface area contributed by atoms with Crippen LogP contribution in [0.1, 0.15) is 22.8 Å². The molecule has 1 aromatic carbocycles. The maximum absolute atomic E-state index is 12.3. The zero-order chi connectivity index (χ0) is 14.8. The van der Waals surface area contributed by atoms with Crippen molar-refractivity contribution in [2.75, 3.05) is 5.32 Å². The molecule has 3 rings (SSSR count). The van der Waals surface area contributed by atoms with Crippen LogP contribution in [0.2, 0.25) is 0 Å². The van der Waals surface area contributed by atoms with Gasteiger partial charge in [0.25, 0.3) is 5.91 Å². The van der Waals surface area contributed by atoms with E-state index in [-0.39, 0.29) is 11.8 Å². The number of carbonyl (C=O) groups is 2. The van der Waals surface area contributed by atoms with Gasteiger partial charge in [0, 0.05) is 18.3 Å². The van der Waals surface area contributed by atoms with E-state index in [0.29, 0.717) is 17.8 Å². The van der Waals surface area contributed by atoms with Crippen LogP contribution in [0.25, 0.3) is 0 Å². The lowest BCUT2D eigenvalue weighted by Gasteiger charge is -2.23. The van der Waals surface area contributed by atoms with Crippen LogP contribution in [-0.4, -0.2) is 27.7 Å². The molecular formula is C16H15N3O2. The number of nitrogens with zero attached hydrogens (tertiary/aromatic N) is 2. The highest BCUT2D eigenvalue weighted by atomic mass is 16.2. The normalized spacial score (nSPS) is 14.7. The van der Waals surface area contributed by atoms with Gasteiger partial charge in [-0.2, -0.15) is 0 Å². The molecule has 2 aromatic rings. The highest BCUT2D eigenvalue weighted by Gasteiger charge is 2.33. The summed E-state index contributed by atoms with van der Waals surface area (Å²) in [4.78, 5) is 30.1. The summed E-state index contributed by atoms with van der Waals surface area (Å²) in [5.74, 6) is -0.316. The van der Waals surface area contributed by atoms with Gasteiger partial charge in [-0.1, -0.05) is 18.2 Å². The standard InChI is InChI=1S/C16H15N3O2/c1-11(15(20)18-13-6-4-8-17-9-13)19-10-12-5-2-3-7-14(12)16(19)21/h2-9,11H,10H2,1H3,(H,18,20). The fourth-order valence-electron chi connectivity index (χ4n) is 2.41. The molecule has 0 spiro atoms. The Kier molecular flexibility index (Phi) is 3.39. The minimum absolute atomic E-state index is 0.0977. The Labute approximate surface area is 122 Å². The van der Waals surface area contributed by atoms with Crippen molar-refractivity contribution in [2.24, 2.45) is 0 Å². The van der Waals surface area contributed by atoms with Crippen LogP contribution in [0.15, 0.2) is 48.8 Å². The Morgan fingerprint density at radius 1 is 1.29 bits per heavy atom. The third-order valence-corrected chi connectivity index (χ3v) is 3.63. The van der Waals surface area contributed by atoms with Gasteiger partial charge in [0.05, 0.1) is 11.9 Å². The molecule has 1 unspecified atom stereocenters. The lowest BCUT2D eigenvalue weighted by Crippen LogP contribution is -2.42. The molecule has 5 heteroatoms. The molecule has 0 fully saturated rings. The summed E-state index contributed by atoms with van der Waals surface area (Å²) in [6.07, 6.45) is 3.21. The second-order valence-corrected chi connectivity index (χ2v) is 5.00. The zero-order valence-electron chi connectivity index (χ0n) is 11.6. The van der Waals surface area contributed by atoms with Gasteiger partial charge in [0.2, 0.25) is 5.91 Å². The van der Waals surface area contributed by atoms with E-state index in [0.717, 1.165) is 5.56 Å². The van der Waals surface area contributed by atoms with Crippen LogP contribution >= 0.6 is 0 Å². The van der Waals surface area contributed by atoms with Crippen molar-refractivity contribution in [3.05, 3.63) is 59.9 Å². The second kappa shape index (κ2) is 5.36. The number of fused-ring (bicyclic) bond motifs is 1. The Morgan fingerprint density at radius 3 is 2.81 bits per heavy atom. The zero-order valence-corrected chi connectivity index (χ0v) is 11.6. The summed E-state index contributed by atoms with van der Waals surface area (Å²) in [6.45, 7) is 2.20. The lowest BCUT2D eigenvalue weighted by atomic mass is 10.1. The van der Waals surface area contributed by atoms with Gasteiger partial charge in [-0.15, -0.1) is 0 Å². The molecule has 2 amide bonds. The summed E-state index contributed by atoms with van der Waals surface area (Å²) in [5.41, 5.74) is 2.26. The summed E-state index contributed by atoms with van der Waals surface area (Å²) in [6, 6.07) is 10.4. The van der Waals surface area contributed by atoms with Gasteiger partial charge in [-0.3, -0.25) is 14.6 Å². The number of hydrogen-bond donors (Lipinski definition) is 1. The minimum Gasteiger partial charge on any atom is -0.323 e. The van der Waals surface area contributed by atoms with E-state index in [1.165, 1.54) is 0 Å². The second-order valence-electron chi connectivity index (χ2n) is 5.00. The largest absolute Gasteiger partial charge is 0.323 e. The third kappa shape index (κ3) is 2.50. The number of anilines is 1.